The monoisotopic (exact) mass is 440 g/mol. The summed E-state index contributed by atoms with van der Waals surface area (Å²) in [5.74, 6) is 0.0700. The Bertz CT molecular complexity index is 875. The van der Waals surface area contributed by atoms with E-state index in [1.54, 1.807) is 4.90 Å². The van der Waals surface area contributed by atoms with Crippen LogP contribution in [0.15, 0.2) is 48.5 Å². The molecular weight excluding hydrogens is 408 g/mol. The summed E-state index contributed by atoms with van der Waals surface area (Å²) in [6.45, 7) is 0.483. The second kappa shape index (κ2) is 10.1. The van der Waals surface area contributed by atoms with Crippen molar-refractivity contribution < 1.29 is 25.2 Å². The third-order valence-corrected chi connectivity index (χ3v) is 6.88. The largest absolute Gasteiger partial charge is 0.395 e. The number of fused-ring (bicyclic) bond motifs is 3. The molecule has 7 heteroatoms. The van der Waals surface area contributed by atoms with Crippen LogP contribution in [0, 0.1) is 0 Å². The van der Waals surface area contributed by atoms with Crippen LogP contribution < -0.4 is 5.32 Å². The molecule has 2 aliphatic rings. The number of rotatable bonds is 9. The molecule has 0 bridgehead atoms. The zero-order valence-corrected chi connectivity index (χ0v) is 18.1. The summed E-state index contributed by atoms with van der Waals surface area (Å²) < 4.78 is 0. The van der Waals surface area contributed by atoms with Crippen molar-refractivity contribution in [2.45, 2.75) is 49.5 Å². The highest BCUT2D eigenvalue weighted by Gasteiger charge is 2.46. The predicted molar refractivity (Wildman–Crippen MR) is 121 cm³/mol. The van der Waals surface area contributed by atoms with Gasteiger partial charge in [-0.1, -0.05) is 48.5 Å². The van der Waals surface area contributed by atoms with Crippen LogP contribution in [0.2, 0.25) is 0 Å². The van der Waals surface area contributed by atoms with Crippen LogP contribution in [0.3, 0.4) is 0 Å². The first-order valence-electron chi connectivity index (χ1n) is 11.3. The highest BCUT2D eigenvalue weighted by molar-refractivity contribution is 5.84. The zero-order chi connectivity index (χ0) is 22.7. The Morgan fingerprint density at radius 1 is 0.844 bits per heavy atom. The van der Waals surface area contributed by atoms with Crippen LogP contribution in [0.4, 0.5) is 0 Å². The van der Waals surface area contributed by atoms with Crippen molar-refractivity contribution in [2.75, 3.05) is 26.3 Å². The highest BCUT2D eigenvalue weighted by Crippen LogP contribution is 2.45. The molecule has 1 aliphatic heterocycles. The smallest absolute Gasteiger partial charge is 0.220 e. The molecule has 2 aromatic rings. The number of nitrogens with one attached hydrogen (secondary N) is 1. The molecule has 4 rings (SSSR count). The fraction of sp³-hybridized carbons (Fsp3) is 0.480. The Kier molecular flexibility index (Phi) is 7.23. The molecule has 1 heterocycles. The minimum absolute atomic E-state index is 0.00925. The number of hydrogen-bond acceptors (Lipinski definition) is 6. The van der Waals surface area contributed by atoms with Crippen LogP contribution in [0.1, 0.15) is 36.3 Å². The molecular formula is C25H32N2O5. The summed E-state index contributed by atoms with van der Waals surface area (Å²) in [6, 6.07) is 15.3. The number of unbranched alkanes of at least 4 members (excludes halogenated alkanes) is 1. The van der Waals surface area contributed by atoms with E-state index >= 15 is 0 Å². The van der Waals surface area contributed by atoms with Gasteiger partial charge in [0, 0.05) is 18.9 Å². The maximum absolute atomic E-state index is 12.7. The van der Waals surface area contributed by atoms with Gasteiger partial charge in [0.05, 0.1) is 37.5 Å². The summed E-state index contributed by atoms with van der Waals surface area (Å²) in [5, 5.41) is 42.2. The molecule has 0 unspecified atom stereocenters. The summed E-state index contributed by atoms with van der Waals surface area (Å²) in [6.07, 6.45) is -0.315. The maximum atomic E-state index is 12.7. The number of nitrogens with zero attached hydrogens (tertiary/aromatic N) is 1. The molecule has 172 valence electrons. The van der Waals surface area contributed by atoms with Crippen LogP contribution in [0.5, 0.6) is 0 Å². The van der Waals surface area contributed by atoms with Gasteiger partial charge in [0.15, 0.2) is 0 Å². The van der Waals surface area contributed by atoms with Gasteiger partial charge in [0.2, 0.25) is 5.91 Å². The number of benzene rings is 2. The minimum Gasteiger partial charge on any atom is -0.395 e. The molecule has 7 nitrogen and oxygen atoms in total. The van der Waals surface area contributed by atoms with Crippen LogP contribution in [0.25, 0.3) is 11.1 Å². The summed E-state index contributed by atoms with van der Waals surface area (Å²) in [7, 11) is 0. The lowest BCUT2D eigenvalue weighted by molar-refractivity contribution is -0.121. The van der Waals surface area contributed by atoms with Gasteiger partial charge >= 0.3 is 0 Å². The molecule has 1 saturated heterocycles. The summed E-state index contributed by atoms with van der Waals surface area (Å²) in [5.41, 5.74) is 4.79. The Morgan fingerprint density at radius 2 is 1.38 bits per heavy atom. The average Bonchev–Trinajstić information content (AvgIpc) is 3.25. The Labute approximate surface area is 188 Å². The topological polar surface area (TPSA) is 113 Å². The van der Waals surface area contributed by atoms with Crippen molar-refractivity contribution in [1.29, 1.82) is 0 Å². The van der Waals surface area contributed by atoms with Crippen LogP contribution >= 0.6 is 0 Å². The van der Waals surface area contributed by atoms with Crippen molar-refractivity contribution in [3.63, 3.8) is 0 Å². The molecule has 1 fully saturated rings. The molecule has 0 spiro atoms. The first kappa shape index (κ1) is 22.9. The lowest BCUT2D eigenvalue weighted by Gasteiger charge is -2.28. The van der Waals surface area contributed by atoms with Gasteiger partial charge in [0.1, 0.15) is 0 Å². The quantitative estimate of drug-likeness (QED) is 0.370. The number of hydrogen-bond donors (Lipinski definition) is 5. The van der Waals surface area contributed by atoms with E-state index in [-0.39, 0.29) is 25.0 Å². The van der Waals surface area contributed by atoms with Gasteiger partial charge in [-0.25, -0.2) is 0 Å². The van der Waals surface area contributed by atoms with E-state index < -0.39 is 24.3 Å². The number of carbonyl (C=O) groups is 1. The molecule has 4 atom stereocenters. The van der Waals surface area contributed by atoms with Gasteiger partial charge in [-0.15, -0.1) is 0 Å². The van der Waals surface area contributed by atoms with Gasteiger partial charge < -0.3 is 25.7 Å². The van der Waals surface area contributed by atoms with Gasteiger partial charge in [0.25, 0.3) is 0 Å². The molecule has 0 saturated carbocycles. The summed E-state index contributed by atoms with van der Waals surface area (Å²) >= 11 is 0. The van der Waals surface area contributed by atoms with Crippen molar-refractivity contribution in [3.05, 3.63) is 59.7 Å². The standard InChI is InChI=1S/C25H32N2O5/c28-14-21-24(31)25(32)22(15-29)27(21)12-6-5-11-26-23(30)13-20-18-9-3-1-7-16(18)17-8-2-4-10-19(17)20/h1-4,7-10,20-22,24-25,28-29,31-32H,5-6,11-15H2,(H,26,30)/t21-,22-,24-,25-/m1/s1. The molecule has 1 aliphatic carbocycles. The minimum atomic E-state index is -1.07. The number of aliphatic hydroxyl groups is 4. The van der Waals surface area contributed by atoms with Gasteiger partial charge in [-0.3, -0.25) is 9.69 Å². The molecule has 1 amide bonds. The van der Waals surface area contributed by atoms with Crippen molar-refractivity contribution in [2.24, 2.45) is 0 Å². The first-order chi connectivity index (χ1) is 15.6. The zero-order valence-electron chi connectivity index (χ0n) is 18.1. The van der Waals surface area contributed by atoms with E-state index in [0.717, 1.165) is 6.42 Å². The van der Waals surface area contributed by atoms with Crippen molar-refractivity contribution in [3.8, 4) is 11.1 Å². The Morgan fingerprint density at radius 3 is 1.91 bits per heavy atom. The molecule has 5 N–H and O–H groups in total. The van der Waals surface area contributed by atoms with E-state index in [2.05, 4.69) is 29.6 Å². The van der Waals surface area contributed by atoms with E-state index in [9.17, 15) is 25.2 Å². The molecule has 2 aromatic carbocycles. The van der Waals surface area contributed by atoms with Crippen LogP contribution in [-0.4, -0.2) is 81.8 Å². The number of carbonyl (C=O) groups excluding carboxylic acids is 1. The third-order valence-electron chi connectivity index (χ3n) is 6.88. The number of aliphatic hydroxyl groups excluding tert-OH is 4. The number of likely N-dealkylation sites (tertiary alicyclic amines) is 1. The van der Waals surface area contributed by atoms with Crippen LogP contribution in [-0.2, 0) is 4.79 Å². The lowest BCUT2D eigenvalue weighted by atomic mass is 9.93. The molecule has 0 radical (unpaired) electrons. The van der Waals surface area contributed by atoms with E-state index in [1.807, 2.05) is 24.3 Å². The van der Waals surface area contributed by atoms with Crippen molar-refractivity contribution in [1.82, 2.24) is 10.2 Å². The predicted octanol–water partition coefficient (Wildman–Crippen LogP) is 0.845. The normalized spacial score (nSPS) is 25.0. The Balaban J connectivity index is 1.27. The Hall–Kier alpha value is -2.29. The van der Waals surface area contributed by atoms with Crippen molar-refractivity contribution >= 4 is 5.91 Å². The SMILES string of the molecule is O=C(CC1c2ccccc2-c2ccccc21)NCCCCN1[C@H](CO)[C@@H](O)[C@H](O)[C@H]1CO. The maximum Gasteiger partial charge on any atom is 0.220 e. The summed E-state index contributed by atoms with van der Waals surface area (Å²) in [4.78, 5) is 14.4. The molecule has 32 heavy (non-hydrogen) atoms. The lowest BCUT2D eigenvalue weighted by Crippen LogP contribution is -2.43. The highest BCUT2D eigenvalue weighted by atomic mass is 16.3. The van der Waals surface area contributed by atoms with E-state index in [1.165, 1.54) is 22.3 Å². The third kappa shape index (κ3) is 4.31. The second-order valence-electron chi connectivity index (χ2n) is 8.71. The van der Waals surface area contributed by atoms with E-state index in [4.69, 9.17) is 0 Å². The van der Waals surface area contributed by atoms with E-state index in [0.29, 0.717) is 25.9 Å². The fourth-order valence-electron chi connectivity index (χ4n) is 5.24. The number of amides is 1. The second-order valence-corrected chi connectivity index (χ2v) is 8.71. The van der Waals surface area contributed by atoms with Gasteiger partial charge in [-0.05, 0) is 41.6 Å². The average molecular weight is 441 g/mol. The molecule has 0 aromatic heterocycles. The van der Waals surface area contributed by atoms with Gasteiger partial charge in [-0.2, -0.15) is 0 Å². The fourth-order valence-corrected chi connectivity index (χ4v) is 5.24. The first-order valence-corrected chi connectivity index (χ1v) is 11.3.